The number of phenolic OH excluding ortho intramolecular Hbond substituents is 1. The molecule has 126 valence electrons. The van der Waals surface area contributed by atoms with E-state index >= 15 is 0 Å². The molecule has 0 amide bonds. The van der Waals surface area contributed by atoms with Crippen molar-refractivity contribution < 1.29 is 30.9 Å². The van der Waals surface area contributed by atoms with Gasteiger partial charge in [0.1, 0.15) is 5.75 Å². The van der Waals surface area contributed by atoms with Crippen molar-refractivity contribution in [3.05, 3.63) is 27.8 Å². The van der Waals surface area contributed by atoms with Gasteiger partial charge in [-0.15, -0.1) is 0 Å². The third-order valence-corrected chi connectivity index (χ3v) is 5.64. The maximum atomic E-state index is 11.0. The normalized spacial score (nSPS) is 14.8. The van der Waals surface area contributed by atoms with Crippen LogP contribution < -0.4 is 5.19 Å². The van der Waals surface area contributed by atoms with Gasteiger partial charge in [0.15, 0.2) is 0 Å². The van der Waals surface area contributed by atoms with Gasteiger partial charge in [-0.1, -0.05) is 19.6 Å². The van der Waals surface area contributed by atoms with Crippen molar-refractivity contribution in [3.63, 3.8) is 0 Å². The number of rotatable bonds is 4. The van der Waals surface area contributed by atoms with Gasteiger partial charge in [0.2, 0.25) is 0 Å². The predicted octanol–water partition coefficient (Wildman–Crippen LogP) is 4.19. The van der Waals surface area contributed by atoms with Crippen LogP contribution in [0.25, 0.3) is 0 Å². The maximum absolute atomic E-state index is 11.0. The van der Waals surface area contributed by atoms with Crippen LogP contribution in [-0.4, -0.2) is 30.4 Å². The van der Waals surface area contributed by atoms with Crippen LogP contribution in [0.2, 0.25) is 19.6 Å². The van der Waals surface area contributed by atoms with Crippen LogP contribution in [0, 0.1) is 10.1 Å². The van der Waals surface area contributed by atoms with Crippen molar-refractivity contribution in [3.8, 4) is 5.75 Å². The van der Waals surface area contributed by atoms with Crippen molar-refractivity contribution in [1.82, 2.24) is 0 Å². The number of hydrogen-bond acceptors (Lipinski definition) is 4. The number of nitro groups is 1. The minimum absolute atomic E-state index is 0.0234. The average molecular weight is 455 g/mol. The SMILES string of the molecule is C[Si](C)(C)c1cc([N+](=O)[O-])cc(C=NC2CCC2)c1O.[Cl][Zr][Cl]. The summed E-state index contributed by atoms with van der Waals surface area (Å²) in [7, 11) is 8.01. The summed E-state index contributed by atoms with van der Waals surface area (Å²) in [4.78, 5) is 15.0. The summed E-state index contributed by atoms with van der Waals surface area (Å²) >= 11 is -0.826. The number of nitro benzene ring substituents is 1. The third kappa shape index (κ3) is 6.29. The van der Waals surface area contributed by atoms with E-state index in [9.17, 15) is 15.2 Å². The molecule has 1 aromatic carbocycles. The van der Waals surface area contributed by atoms with Gasteiger partial charge >= 0.3 is 37.9 Å². The number of nitrogens with zero attached hydrogens (tertiary/aromatic N) is 2. The molecule has 0 atom stereocenters. The summed E-state index contributed by atoms with van der Waals surface area (Å²) in [6, 6.07) is 3.22. The van der Waals surface area contributed by atoms with Gasteiger partial charge in [-0.3, -0.25) is 15.1 Å². The fourth-order valence-corrected chi connectivity index (χ4v) is 3.57. The predicted molar refractivity (Wildman–Crippen MR) is 94.7 cm³/mol. The first-order valence-electron chi connectivity index (χ1n) is 7.22. The number of aromatic hydroxyl groups is 1. The van der Waals surface area contributed by atoms with Gasteiger partial charge in [0.25, 0.3) is 5.69 Å². The zero-order chi connectivity index (χ0) is 17.6. The molecule has 0 aliphatic heterocycles. The second kappa shape index (κ2) is 9.30. The van der Waals surface area contributed by atoms with E-state index in [1.54, 1.807) is 6.21 Å². The van der Waals surface area contributed by atoms with E-state index in [1.165, 1.54) is 18.6 Å². The van der Waals surface area contributed by atoms with Crippen LogP contribution in [0.15, 0.2) is 17.1 Å². The Morgan fingerprint density at radius 1 is 1.39 bits per heavy atom. The molecule has 0 radical (unpaired) electrons. The molecule has 1 N–H and O–H groups in total. The van der Waals surface area contributed by atoms with Crippen LogP contribution in [0.4, 0.5) is 5.69 Å². The molecule has 1 aliphatic rings. The molecule has 9 heteroatoms. The van der Waals surface area contributed by atoms with E-state index in [4.69, 9.17) is 17.0 Å². The zero-order valence-corrected chi connectivity index (χ0v) is 18.3. The molecule has 0 saturated heterocycles. The van der Waals surface area contributed by atoms with E-state index in [1.807, 2.05) is 0 Å². The number of non-ortho nitro benzene ring substituents is 1. The van der Waals surface area contributed by atoms with E-state index in [0.717, 1.165) is 12.8 Å². The Morgan fingerprint density at radius 3 is 2.35 bits per heavy atom. The summed E-state index contributed by atoms with van der Waals surface area (Å²) < 4.78 is 0. The Balaban J connectivity index is 0.000000816. The van der Waals surface area contributed by atoms with E-state index in [2.05, 4.69) is 24.6 Å². The fourth-order valence-electron chi connectivity index (χ4n) is 2.14. The van der Waals surface area contributed by atoms with Crippen molar-refractivity contribution in [2.24, 2.45) is 4.99 Å². The van der Waals surface area contributed by atoms with E-state index < -0.39 is 33.8 Å². The van der Waals surface area contributed by atoms with Crippen molar-refractivity contribution in [2.45, 2.75) is 44.9 Å². The van der Waals surface area contributed by atoms with E-state index in [0.29, 0.717) is 16.8 Å². The molecule has 1 aliphatic carbocycles. The molecule has 0 unspecified atom stereocenters. The number of hydrogen-bond donors (Lipinski definition) is 1. The number of phenols is 1. The first kappa shape index (κ1) is 20.8. The van der Waals surface area contributed by atoms with Gasteiger partial charge in [-0.05, 0) is 24.4 Å². The number of aliphatic imine (C=N–C) groups is 1. The molecule has 23 heavy (non-hydrogen) atoms. The molecule has 1 saturated carbocycles. The summed E-state index contributed by atoms with van der Waals surface area (Å²) in [5, 5.41) is 22.1. The van der Waals surface area contributed by atoms with Gasteiger partial charge in [-0.2, -0.15) is 0 Å². The van der Waals surface area contributed by atoms with Crippen LogP contribution in [-0.2, 0) is 20.8 Å². The van der Waals surface area contributed by atoms with Crippen LogP contribution in [0.1, 0.15) is 24.8 Å². The summed E-state index contributed by atoms with van der Waals surface area (Å²) in [5.41, 5.74) is 0.485. The first-order chi connectivity index (χ1) is 10.7. The Morgan fingerprint density at radius 2 is 1.96 bits per heavy atom. The molecule has 2 rings (SSSR count). The minimum atomic E-state index is -1.85. The van der Waals surface area contributed by atoms with Gasteiger partial charge < -0.3 is 5.11 Å². The average Bonchev–Trinajstić information content (AvgIpc) is 2.38. The van der Waals surface area contributed by atoms with Crippen molar-refractivity contribution >= 4 is 42.2 Å². The Labute approximate surface area is 155 Å². The van der Waals surface area contributed by atoms with Crippen LogP contribution in [0.5, 0.6) is 5.75 Å². The fraction of sp³-hybridized carbons (Fsp3) is 0.500. The van der Waals surface area contributed by atoms with Crippen molar-refractivity contribution in [2.75, 3.05) is 0 Å². The number of halogens is 2. The summed E-state index contributed by atoms with van der Waals surface area (Å²) in [6.07, 6.45) is 4.90. The van der Waals surface area contributed by atoms with Gasteiger partial charge in [0, 0.05) is 30.0 Å². The Bertz CT molecular complexity index is 590. The van der Waals surface area contributed by atoms with Gasteiger partial charge in [0.05, 0.1) is 13.0 Å². The van der Waals surface area contributed by atoms with Crippen LogP contribution >= 0.6 is 17.0 Å². The second-order valence-electron chi connectivity index (χ2n) is 6.37. The molecular formula is C14H20Cl2N2O3SiZr. The molecular weight excluding hydrogens is 434 g/mol. The first-order valence-corrected chi connectivity index (χ1v) is 17.0. The molecule has 0 bridgehead atoms. The standard InChI is InChI=1S/C14H20N2O3Si.2ClH.Zr/c1-20(2,3)13-8-12(16(18)19)7-10(14(13)17)9-15-11-5-4-6-11;;;/h7-9,11,17H,4-6H2,1-3H3;2*1H;/q;;;+2/p-2. The second-order valence-corrected chi connectivity index (χ2v) is 15.1. The molecule has 0 heterocycles. The Kier molecular flexibility index (Phi) is 8.42. The summed E-state index contributed by atoms with van der Waals surface area (Å²) in [6.45, 7) is 6.16. The molecule has 1 fully saturated rings. The monoisotopic (exact) mass is 452 g/mol. The zero-order valence-electron chi connectivity index (χ0n) is 13.3. The molecule has 0 spiro atoms. The molecule has 0 aromatic heterocycles. The quantitative estimate of drug-likeness (QED) is 0.321. The van der Waals surface area contributed by atoms with Gasteiger partial charge in [-0.25, -0.2) is 0 Å². The summed E-state index contributed by atoms with van der Waals surface area (Å²) in [5.74, 6) is 0.151. The third-order valence-electron chi connectivity index (χ3n) is 3.64. The molecule has 5 nitrogen and oxygen atoms in total. The molecule has 1 aromatic rings. The topological polar surface area (TPSA) is 75.7 Å². The number of benzene rings is 1. The van der Waals surface area contributed by atoms with Crippen molar-refractivity contribution in [1.29, 1.82) is 0 Å². The van der Waals surface area contributed by atoms with E-state index in [-0.39, 0.29) is 11.4 Å². The Hall–Kier alpha value is -0.230. The van der Waals surface area contributed by atoms with Crippen LogP contribution in [0.3, 0.4) is 0 Å².